The van der Waals surface area contributed by atoms with E-state index in [1.165, 1.54) is 6.07 Å². The maximum absolute atomic E-state index is 12.8. The van der Waals surface area contributed by atoms with Crippen LogP contribution in [-0.4, -0.2) is 23.5 Å². The Morgan fingerprint density at radius 3 is 2.69 bits per heavy atom. The molecule has 1 aliphatic carbocycles. The van der Waals surface area contributed by atoms with E-state index in [0.29, 0.717) is 22.4 Å². The molecule has 0 saturated heterocycles. The molecule has 2 aromatic heterocycles. The predicted octanol–water partition coefficient (Wildman–Crippen LogP) is 4.29. The van der Waals surface area contributed by atoms with Crippen molar-refractivity contribution in [3.8, 4) is 0 Å². The van der Waals surface area contributed by atoms with Gasteiger partial charge in [-0.3, -0.25) is 4.79 Å². The normalized spacial score (nSPS) is 20.7. The summed E-state index contributed by atoms with van der Waals surface area (Å²) in [6.45, 7) is 2.26. The predicted molar refractivity (Wildman–Crippen MR) is 98.9 cm³/mol. The third-order valence-corrected chi connectivity index (χ3v) is 6.03. The van der Waals surface area contributed by atoms with Crippen molar-refractivity contribution >= 4 is 39.9 Å². The molecule has 0 spiro atoms. The van der Waals surface area contributed by atoms with Crippen LogP contribution in [0, 0.1) is 12.8 Å². The molecule has 26 heavy (non-hydrogen) atoms. The van der Waals surface area contributed by atoms with Gasteiger partial charge in [-0.1, -0.05) is 12.8 Å². The second kappa shape index (κ2) is 8.10. The van der Waals surface area contributed by atoms with Crippen LogP contribution >= 0.6 is 23.7 Å². The highest BCUT2D eigenvalue weighted by atomic mass is 35.5. The lowest BCUT2D eigenvalue weighted by molar-refractivity contribution is -0.140. The molecule has 1 aliphatic rings. The number of alkyl halides is 3. The summed E-state index contributed by atoms with van der Waals surface area (Å²) in [6.07, 6.45) is -0.466. The lowest BCUT2D eigenvalue weighted by Gasteiger charge is -2.31. The number of thiophene rings is 1. The molecule has 9 heteroatoms. The molecule has 2 atom stereocenters. The van der Waals surface area contributed by atoms with Crippen LogP contribution < -0.4 is 11.1 Å². The van der Waals surface area contributed by atoms with E-state index in [4.69, 9.17) is 5.73 Å². The number of amides is 1. The molecule has 144 valence electrons. The fourth-order valence-electron chi connectivity index (χ4n) is 3.39. The molecule has 3 N–H and O–H groups in total. The Labute approximate surface area is 159 Å². The van der Waals surface area contributed by atoms with E-state index in [9.17, 15) is 18.0 Å². The Morgan fingerprint density at radius 1 is 1.35 bits per heavy atom. The summed E-state index contributed by atoms with van der Waals surface area (Å²) in [5.74, 6) is 0.00162. The van der Waals surface area contributed by atoms with Crippen LogP contribution in [-0.2, 0) is 6.18 Å². The zero-order chi connectivity index (χ0) is 18.2. The van der Waals surface area contributed by atoms with Gasteiger partial charge in [0.1, 0.15) is 10.5 Å². The first kappa shape index (κ1) is 20.9. The standard InChI is InChI=1S/C17H20F3N3OS.ClH/c1-9-11-6-7-13(17(18,19)20)23-16(11)25-14(9)15(24)22-12-5-3-2-4-10(12)8-21;/h6-7,10,12H,2-5,8,21H2,1H3,(H,22,24);1H. The minimum Gasteiger partial charge on any atom is -0.348 e. The van der Waals surface area contributed by atoms with Crippen LogP contribution in [0.2, 0.25) is 0 Å². The number of carbonyl (C=O) groups excluding carboxylic acids is 1. The number of fused-ring (bicyclic) bond motifs is 1. The molecule has 0 aliphatic heterocycles. The molecular formula is C17H21ClF3N3OS. The van der Waals surface area contributed by atoms with Gasteiger partial charge in [-0.2, -0.15) is 13.2 Å². The van der Waals surface area contributed by atoms with Crippen molar-refractivity contribution in [2.75, 3.05) is 6.54 Å². The Morgan fingerprint density at radius 2 is 2.04 bits per heavy atom. The number of pyridine rings is 1. The van der Waals surface area contributed by atoms with Gasteiger partial charge in [-0.15, -0.1) is 23.7 Å². The summed E-state index contributed by atoms with van der Waals surface area (Å²) >= 11 is 1.01. The van der Waals surface area contributed by atoms with E-state index < -0.39 is 11.9 Å². The maximum Gasteiger partial charge on any atom is 0.433 e. The zero-order valence-corrected chi connectivity index (χ0v) is 15.9. The van der Waals surface area contributed by atoms with Crippen LogP contribution in [0.1, 0.15) is 46.6 Å². The minimum absolute atomic E-state index is 0. The van der Waals surface area contributed by atoms with Crippen molar-refractivity contribution in [3.05, 3.63) is 28.3 Å². The van der Waals surface area contributed by atoms with Gasteiger partial charge in [-0.05, 0) is 49.9 Å². The number of nitrogens with zero attached hydrogens (tertiary/aromatic N) is 1. The Bertz CT molecular complexity index is 793. The van der Waals surface area contributed by atoms with E-state index in [-0.39, 0.29) is 35.1 Å². The van der Waals surface area contributed by atoms with Gasteiger partial charge in [0.25, 0.3) is 5.91 Å². The Kier molecular flexibility index (Phi) is 6.52. The second-order valence-corrected chi connectivity index (χ2v) is 7.46. The summed E-state index contributed by atoms with van der Waals surface area (Å²) in [6, 6.07) is 2.36. The minimum atomic E-state index is -4.50. The number of aryl methyl sites for hydroxylation is 1. The van der Waals surface area contributed by atoms with Crippen molar-refractivity contribution in [1.82, 2.24) is 10.3 Å². The van der Waals surface area contributed by atoms with Gasteiger partial charge < -0.3 is 11.1 Å². The monoisotopic (exact) mass is 407 g/mol. The second-order valence-electron chi connectivity index (χ2n) is 6.46. The fraction of sp³-hybridized carbons (Fsp3) is 0.529. The molecule has 2 unspecified atom stereocenters. The molecule has 1 amide bonds. The van der Waals surface area contributed by atoms with Gasteiger partial charge in [0, 0.05) is 11.4 Å². The number of nitrogens with one attached hydrogen (secondary N) is 1. The first-order valence-electron chi connectivity index (χ1n) is 8.29. The zero-order valence-electron chi connectivity index (χ0n) is 14.2. The molecule has 1 saturated carbocycles. The van der Waals surface area contributed by atoms with Crippen molar-refractivity contribution < 1.29 is 18.0 Å². The molecule has 0 bridgehead atoms. The quantitative estimate of drug-likeness (QED) is 0.797. The highest BCUT2D eigenvalue weighted by Gasteiger charge is 2.33. The first-order chi connectivity index (χ1) is 11.8. The van der Waals surface area contributed by atoms with Crippen LogP contribution in [0.4, 0.5) is 13.2 Å². The summed E-state index contributed by atoms with van der Waals surface area (Å²) in [7, 11) is 0. The molecule has 4 nitrogen and oxygen atoms in total. The van der Waals surface area contributed by atoms with E-state index >= 15 is 0 Å². The number of rotatable bonds is 3. The lowest BCUT2D eigenvalue weighted by Crippen LogP contribution is -2.44. The average Bonchev–Trinajstić information content (AvgIpc) is 2.91. The van der Waals surface area contributed by atoms with Crippen LogP contribution in [0.25, 0.3) is 10.2 Å². The first-order valence-corrected chi connectivity index (χ1v) is 9.11. The van der Waals surface area contributed by atoms with Gasteiger partial charge in [-0.25, -0.2) is 4.98 Å². The number of hydrogen-bond acceptors (Lipinski definition) is 4. The maximum atomic E-state index is 12.8. The Hall–Kier alpha value is -1.38. The number of halogens is 4. The lowest BCUT2D eigenvalue weighted by atomic mass is 9.84. The molecular weight excluding hydrogens is 387 g/mol. The number of hydrogen-bond donors (Lipinski definition) is 2. The summed E-state index contributed by atoms with van der Waals surface area (Å²) in [5, 5.41) is 3.61. The highest BCUT2D eigenvalue weighted by molar-refractivity contribution is 7.20. The number of carbonyl (C=O) groups is 1. The van der Waals surface area contributed by atoms with Crippen LogP contribution in [0.15, 0.2) is 12.1 Å². The number of nitrogens with two attached hydrogens (primary N) is 1. The highest BCUT2D eigenvalue weighted by Crippen LogP contribution is 2.34. The van der Waals surface area contributed by atoms with Crippen LogP contribution in [0.5, 0.6) is 0 Å². The molecule has 2 aromatic rings. The largest absolute Gasteiger partial charge is 0.433 e. The average molecular weight is 408 g/mol. The van der Waals surface area contributed by atoms with Gasteiger partial charge >= 0.3 is 6.18 Å². The van der Waals surface area contributed by atoms with E-state index in [2.05, 4.69) is 10.3 Å². The summed E-state index contributed by atoms with van der Waals surface area (Å²) in [5.41, 5.74) is 5.52. The number of aromatic nitrogens is 1. The van der Waals surface area contributed by atoms with Gasteiger partial charge in [0.05, 0.1) is 4.88 Å². The SMILES string of the molecule is Cc1c(C(=O)NC2CCCCC2CN)sc2nc(C(F)(F)F)ccc12.Cl. The van der Waals surface area contributed by atoms with Crippen molar-refractivity contribution in [3.63, 3.8) is 0 Å². The third-order valence-electron chi connectivity index (χ3n) is 4.83. The molecule has 3 rings (SSSR count). The van der Waals surface area contributed by atoms with Gasteiger partial charge in [0.15, 0.2) is 0 Å². The summed E-state index contributed by atoms with van der Waals surface area (Å²) < 4.78 is 38.5. The van der Waals surface area contributed by atoms with Crippen LogP contribution in [0.3, 0.4) is 0 Å². The molecule has 2 heterocycles. The molecule has 0 aromatic carbocycles. The smallest absolute Gasteiger partial charge is 0.348 e. The van der Waals surface area contributed by atoms with Gasteiger partial charge in [0.2, 0.25) is 0 Å². The Balaban J connectivity index is 0.00000243. The van der Waals surface area contributed by atoms with Crippen molar-refractivity contribution in [2.45, 2.75) is 44.8 Å². The summed E-state index contributed by atoms with van der Waals surface area (Å²) in [4.78, 5) is 17.0. The van der Waals surface area contributed by atoms with E-state index in [1.807, 2.05) is 0 Å². The van der Waals surface area contributed by atoms with Crippen molar-refractivity contribution in [1.29, 1.82) is 0 Å². The third kappa shape index (κ3) is 4.13. The van der Waals surface area contributed by atoms with Crippen molar-refractivity contribution in [2.24, 2.45) is 11.7 Å². The van der Waals surface area contributed by atoms with E-state index in [0.717, 1.165) is 43.1 Å². The molecule has 0 radical (unpaired) electrons. The fourth-order valence-corrected chi connectivity index (χ4v) is 4.47. The topological polar surface area (TPSA) is 68.0 Å². The van der Waals surface area contributed by atoms with E-state index in [1.54, 1.807) is 6.92 Å². The molecule has 1 fully saturated rings.